The lowest BCUT2D eigenvalue weighted by molar-refractivity contribution is -0.149. The number of aliphatic carboxylic acids is 1. The van der Waals surface area contributed by atoms with Gasteiger partial charge in [0, 0.05) is 6.42 Å². The second kappa shape index (κ2) is 6.58. The van der Waals surface area contributed by atoms with E-state index in [1.54, 1.807) is 0 Å². The van der Waals surface area contributed by atoms with Crippen LogP contribution in [0, 0.1) is 0 Å². The van der Waals surface area contributed by atoms with E-state index in [0.29, 0.717) is 6.42 Å². The van der Waals surface area contributed by atoms with Crippen LogP contribution in [0.4, 0.5) is 0 Å². The SMILES string of the molecule is CC=CCCCCC(=O)C(=O)O. The minimum Gasteiger partial charge on any atom is -0.476 e. The first-order valence-corrected chi connectivity index (χ1v) is 4.05. The molecule has 0 rings (SSSR count). The number of Topliss-reactive ketones (excluding diaryl/α,β-unsaturated/α-hetero) is 1. The molecule has 68 valence electrons. The van der Waals surface area contributed by atoms with Crippen LogP contribution >= 0.6 is 0 Å². The number of carbonyl (C=O) groups is 2. The Hall–Kier alpha value is -1.12. The fourth-order valence-electron chi connectivity index (χ4n) is 0.821. The molecular formula is C9H14O3. The Bertz CT molecular complexity index is 182. The predicted molar refractivity (Wildman–Crippen MR) is 45.9 cm³/mol. The highest BCUT2D eigenvalue weighted by molar-refractivity contribution is 6.32. The van der Waals surface area contributed by atoms with Gasteiger partial charge in [-0.05, 0) is 26.2 Å². The van der Waals surface area contributed by atoms with Crippen LogP contribution in [0.2, 0.25) is 0 Å². The number of rotatable bonds is 6. The van der Waals surface area contributed by atoms with Crippen LogP contribution in [0.25, 0.3) is 0 Å². The first-order chi connectivity index (χ1) is 5.68. The molecule has 3 nitrogen and oxygen atoms in total. The van der Waals surface area contributed by atoms with Crippen molar-refractivity contribution in [3.05, 3.63) is 12.2 Å². The summed E-state index contributed by atoms with van der Waals surface area (Å²) < 4.78 is 0. The van der Waals surface area contributed by atoms with Gasteiger partial charge in [-0.25, -0.2) is 4.79 Å². The summed E-state index contributed by atoms with van der Waals surface area (Å²) in [4.78, 5) is 20.6. The molecule has 0 aliphatic rings. The standard InChI is InChI=1S/C9H14O3/c1-2-3-4-5-6-7-8(10)9(11)12/h2-3H,4-7H2,1H3,(H,11,12). The summed E-state index contributed by atoms with van der Waals surface area (Å²) in [6.45, 7) is 1.93. The highest BCUT2D eigenvalue weighted by Gasteiger charge is 2.09. The van der Waals surface area contributed by atoms with Gasteiger partial charge < -0.3 is 5.11 Å². The minimum atomic E-state index is -1.32. The van der Waals surface area contributed by atoms with E-state index in [2.05, 4.69) is 0 Å². The van der Waals surface area contributed by atoms with Crippen LogP contribution in [0.1, 0.15) is 32.6 Å². The monoisotopic (exact) mass is 170 g/mol. The van der Waals surface area contributed by atoms with Crippen molar-refractivity contribution in [1.82, 2.24) is 0 Å². The molecule has 3 heteroatoms. The van der Waals surface area contributed by atoms with E-state index in [4.69, 9.17) is 5.11 Å². The molecule has 1 N–H and O–H groups in total. The number of carboxylic acid groups (broad SMARTS) is 1. The average molecular weight is 170 g/mol. The number of carboxylic acids is 1. The van der Waals surface area contributed by atoms with Crippen LogP contribution in [0.3, 0.4) is 0 Å². The fraction of sp³-hybridized carbons (Fsp3) is 0.556. The van der Waals surface area contributed by atoms with Crippen molar-refractivity contribution < 1.29 is 14.7 Å². The van der Waals surface area contributed by atoms with Gasteiger partial charge in [-0.2, -0.15) is 0 Å². The molecule has 0 unspecified atom stereocenters. The van der Waals surface area contributed by atoms with Gasteiger partial charge in [0.1, 0.15) is 0 Å². The van der Waals surface area contributed by atoms with Gasteiger partial charge in [-0.3, -0.25) is 4.79 Å². The van der Waals surface area contributed by atoms with E-state index < -0.39 is 11.8 Å². The first-order valence-electron chi connectivity index (χ1n) is 4.05. The van der Waals surface area contributed by atoms with E-state index in [1.807, 2.05) is 19.1 Å². The van der Waals surface area contributed by atoms with Crippen LogP contribution in [0.5, 0.6) is 0 Å². The van der Waals surface area contributed by atoms with Crippen LogP contribution in [-0.4, -0.2) is 16.9 Å². The number of ketones is 1. The average Bonchev–Trinajstić information content (AvgIpc) is 2.03. The molecule has 0 aromatic carbocycles. The molecule has 0 aromatic heterocycles. The number of allylic oxidation sites excluding steroid dienone is 2. The van der Waals surface area contributed by atoms with Crippen LogP contribution in [-0.2, 0) is 9.59 Å². The molecule has 0 spiro atoms. The van der Waals surface area contributed by atoms with Gasteiger partial charge in [0.2, 0.25) is 5.78 Å². The third-order valence-corrected chi connectivity index (χ3v) is 1.50. The maximum Gasteiger partial charge on any atom is 0.372 e. The van der Waals surface area contributed by atoms with Crippen LogP contribution < -0.4 is 0 Å². The highest BCUT2D eigenvalue weighted by atomic mass is 16.4. The second-order valence-electron chi connectivity index (χ2n) is 2.54. The van der Waals surface area contributed by atoms with Gasteiger partial charge in [0.25, 0.3) is 0 Å². The summed E-state index contributed by atoms with van der Waals surface area (Å²) in [6, 6.07) is 0. The Morgan fingerprint density at radius 3 is 2.50 bits per heavy atom. The quantitative estimate of drug-likeness (QED) is 0.375. The van der Waals surface area contributed by atoms with E-state index >= 15 is 0 Å². The number of hydrogen-bond donors (Lipinski definition) is 1. The minimum absolute atomic E-state index is 0.160. The molecular weight excluding hydrogens is 156 g/mol. The van der Waals surface area contributed by atoms with Crippen molar-refractivity contribution in [2.24, 2.45) is 0 Å². The van der Waals surface area contributed by atoms with E-state index in [9.17, 15) is 9.59 Å². The molecule has 0 aromatic rings. The van der Waals surface area contributed by atoms with Crippen molar-refractivity contribution in [1.29, 1.82) is 0 Å². The van der Waals surface area contributed by atoms with E-state index in [0.717, 1.165) is 12.8 Å². The Balaban J connectivity index is 3.32. The largest absolute Gasteiger partial charge is 0.476 e. The fourth-order valence-corrected chi connectivity index (χ4v) is 0.821. The lowest BCUT2D eigenvalue weighted by atomic mass is 10.1. The third-order valence-electron chi connectivity index (χ3n) is 1.50. The van der Waals surface area contributed by atoms with Gasteiger partial charge >= 0.3 is 5.97 Å². The lowest BCUT2D eigenvalue weighted by Gasteiger charge is -1.93. The molecule has 0 heterocycles. The molecule has 0 bridgehead atoms. The second-order valence-corrected chi connectivity index (χ2v) is 2.54. The van der Waals surface area contributed by atoms with Crippen molar-refractivity contribution in [2.75, 3.05) is 0 Å². The molecule has 0 aliphatic heterocycles. The Morgan fingerprint density at radius 2 is 2.00 bits per heavy atom. The van der Waals surface area contributed by atoms with E-state index in [1.165, 1.54) is 0 Å². The zero-order chi connectivity index (χ0) is 9.40. The molecule has 12 heavy (non-hydrogen) atoms. The summed E-state index contributed by atoms with van der Waals surface area (Å²) in [6.07, 6.45) is 6.57. The molecule has 0 amide bonds. The summed E-state index contributed by atoms with van der Waals surface area (Å²) >= 11 is 0. The smallest absolute Gasteiger partial charge is 0.372 e. The first kappa shape index (κ1) is 10.9. The number of unbranched alkanes of at least 4 members (excludes halogenated alkanes) is 2. The van der Waals surface area contributed by atoms with Gasteiger partial charge in [0.15, 0.2) is 0 Å². The molecule has 0 atom stereocenters. The number of hydrogen-bond acceptors (Lipinski definition) is 2. The van der Waals surface area contributed by atoms with Gasteiger partial charge in [-0.1, -0.05) is 12.2 Å². The normalized spacial score (nSPS) is 10.4. The number of carbonyl (C=O) groups excluding carboxylic acids is 1. The zero-order valence-corrected chi connectivity index (χ0v) is 7.25. The van der Waals surface area contributed by atoms with Crippen molar-refractivity contribution in [3.8, 4) is 0 Å². The molecule has 0 saturated heterocycles. The van der Waals surface area contributed by atoms with Crippen molar-refractivity contribution in [2.45, 2.75) is 32.6 Å². The van der Waals surface area contributed by atoms with Crippen molar-refractivity contribution in [3.63, 3.8) is 0 Å². The van der Waals surface area contributed by atoms with Crippen LogP contribution in [0.15, 0.2) is 12.2 Å². The van der Waals surface area contributed by atoms with E-state index in [-0.39, 0.29) is 6.42 Å². The summed E-state index contributed by atoms with van der Waals surface area (Å²) in [5.74, 6) is -2.00. The third kappa shape index (κ3) is 5.65. The Labute approximate surface area is 72.1 Å². The molecule has 0 radical (unpaired) electrons. The lowest BCUT2D eigenvalue weighted by Crippen LogP contribution is -2.11. The predicted octanol–water partition coefficient (Wildman–Crippen LogP) is 1.78. The molecule has 0 fully saturated rings. The maximum absolute atomic E-state index is 10.6. The van der Waals surface area contributed by atoms with Crippen molar-refractivity contribution >= 4 is 11.8 Å². The highest BCUT2D eigenvalue weighted by Crippen LogP contribution is 2.01. The molecule has 0 aliphatic carbocycles. The maximum atomic E-state index is 10.6. The zero-order valence-electron chi connectivity index (χ0n) is 7.25. The topological polar surface area (TPSA) is 54.4 Å². The molecule has 0 saturated carbocycles. The van der Waals surface area contributed by atoms with Gasteiger partial charge in [-0.15, -0.1) is 0 Å². The summed E-state index contributed by atoms with van der Waals surface area (Å²) in [7, 11) is 0. The summed E-state index contributed by atoms with van der Waals surface area (Å²) in [5.41, 5.74) is 0. The Morgan fingerprint density at radius 1 is 1.33 bits per heavy atom. The summed E-state index contributed by atoms with van der Waals surface area (Å²) in [5, 5.41) is 8.22. The van der Waals surface area contributed by atoms with Gasteiger partial charge in [0.05, 0.1) is 0 Å². The Kier molecular flexibility index (Phi) is 5.97.